The Hall–Kier alpha value is -1.70. The third-order valence-corrected chi connectivity index (χ3v) is 6.90. The summed E-state index contributed by atoms with van der Waals surface area (Å²) >= 11 is 1.53. The number of carbonyl (C=O) groups is 1. The molecule has 134 valence electrons. The van der Waals surface area contributed by atoms with E-state index in [0.717, 1.165) is 30.4 Å². The lowest BCUT2D eigenvalue weighted by Crippen LogP contribution is -2.16. The maximum atomic E-state index is 12.7. The molecule has 0 fully saturated rings. The molecule has 1 aliphatic rings. The SMILES string of the molecule is Cc1cc(S(N)(=O)=O)cc(NC(=O)c2cc3c(s2)CC[C@H](C)C3)c1C. The van der Waals surface area contributed by atoms with Crippen molar-refractivity contribution in [2.75, 3.05) is 5.32 Å². The molecule has 2 aromatic rings. The first-order valence-corrected chi connectivity index (χ1v) is 10.6. The van der Waals surface area contributed by atoms with Gasteiger partial charge in [-0.3, -0.25) is 4.79 Å². The van der Waals surface area contributed by atoms with E-state index in [1.807, 2.05) is 13.0 Å². The van der Waals surface area contributed by atoms with Gasteiger partial charge in [0.15, 0.2) is 0 Å². The molecule has 5 nitrogen and oxygen atoms in total. The molecule has 1 aromatic heterocycles. The first kappa shape index (κ1) is 18.1. The first-order valence-electron chi connectivity index (χ1n) is 8.22. The number of carbonyl (C=O) groups excluding carboxylic acids is 1. The maximum absolute atomic E-state index is 12.7. The van der Waals surface area contributed by atoms with Crippen LogP contribution in [0.1, 0.15) is 44.6 Å². The third-order valence-electron chi connectivity index (χ3n) is 4.77. The Bertz CT molecular complexity index is 945. The molecule has 1 aliphatic carbocycles. The number of nitrogens with two attached hydrogens (primary N) is 1. The summed E-state index contributed by atoms with van der Waals surface area (Å²) in [6.07, 6.45) is 3.19. The van der Waals surface area contributed by atoms with Crippen LogP contribution in [0.4, 0.5) is 5.69 Å². The number of amides is 1. The molecule has 3 N–H and O–H groups in total. The summed E-state index contributed by atoms with van der Waals surface area (Å²) in [5.74, 6) is 0.440. The Morgan fingerprint density at radius 3 is 2.68 bits per heavy atom. The Labute approximate surface area is 152 Å². The van der Waals surface area contributed by atoms with E-state index >= 15 is 0 Å². The predicted octanol–water partition coefficient (Wildman–Crippen LogP) is 3.39. The van der Waals surface area contributed by atoms with Gasteiger partial charge in [0.2, 0.25) is 10.0 Å². The summed E-state index contributed by atoms with van der Waals surface area (Å²) in [6, 6.07) is 4.91. The van der Waals surface area contributed by atoms with Gasteiger partial charge in [-0.15, -0.1) is 11.3 Å². The molecule has 0 aliphatic heterocycles. The fourth-order valence-corrected chi connectivity index (χ4v) is 4.85. The molecule has 1 atom stereocenters. The molecule has 1 heterocycles. The Kier molecular flexibility index (Phi) is 4.74. The quantitative estimate of drug-likeness (QED) is 0.858. The van der Waals surface area contributed by atoms with Crippen LogP contribution in [0, 0.1) is 19.8 Å². The smallest absolute Gasteiger partial charge is 0.265 e. The van der Waals surface area contributed by atoms with Crippen LogP contribution in [-0.2, 0) is 22.9 Å². The van der Waals surface area contributed by atoms with Crippen molar-refractivity contribution in [3.05, 3.63) is 44.6 Å². The molecule has 1 aromatic carbocycles. The number of anilines is 1. The Morgan fingerprint density at radius 2 is 2.00 bits per heavy atom. The second-order valence-electron chi connectivity index (χ2n) is 6.82. The highest BCUT2D eigenvalue weighted by Crippen LogP contribution is 2.33. The van der Waals surface area contributed by atoms with Gasteiger partial charge in [0, 0.05) is 10.6 Å². The van der Waals surface area contributed by atoms with Crippen molar-refractivity contribution >= 4 is 33.0 Å². The van der Waals surface area contributed by atoms with E-state index in [4.69, 9.17) is 5.14 Å². The maximum Gasteiger partial charge on any atom is 0.265 e. The number of benzene rings is 1. The summed E-state index contributed by atoms with van der Waals surface area (Å²) in [7, 11) is -3.82. The molecule has 0 spiro atoms. The van der Waals surface area contributed by atoms with E-state index in [0.29, 0.717) is 16.5 Å². The lowest BCUT2D eigenvalue weighted by atomic mass is 9.90. The van der Waals surface area contributed by atoms with Crippen LogP contribution in [0.25, 0.3) is 0 Å². The van der Waals surface area contributed by atoms with Gasteiger partial charge in [-0.2, -0.15) is 0 Å². The van der Waals surface area contributed by atoms with Crippen molar-refractivity contribution in [2.24, 2.45) is 11.1 Å². The number of aryl methyl sites for hydroxylation is 2. The monoisotopic (exact) mass is 378 g/mol. The number of hydrogen-bond acceptors (Lipinski definition) is 4. The van der Waals surface area contributed by atoms with Crippen LogP contribution in [0.5, 0.6) is 0 Å². The molecule has 0 bridgehead atoms. The van der Waals surface area contributed by atoms with E-state index in [2.05, 4.69) is 12.2 Å². The predicted molar refractivity (Wildman–Crippen MR) is 101 cm³/mol. The van der Waals surface area contributed by atoms with Crippen molar-refractivity contribution in [1.29, 1.82) is 0 Å². The Balaban J connectivity index is 1.90. The van der Waals surface area contributed by atoms with Crippen molar-refractivity contribution in [2.45, 2.75) is 44.9 Å². The van der Waals surface area contributed by atoms with Gasteiger partial charge in [-0.25, -0.2) is 13.6 Å². The normalized spacial score (nSPS) is 17.2. The summed E-state index contributed by atoms with van der Waals surface area (Å²) in [5.41, 5.74) is 3.34. The fourth-order valence-electron chi connectivity index (χ4n) is 3.12. The van der Waals surface area contributed by atoms with Crippen molar-refractivity contribution in [1.82, 2.24) is 0 Å². The highest BCUT2D eigenvalue weighted by Gasteiger charge is 2.21. The zero-order chi connectivity index (χ0) is 18.4. The average molecular weight is 379 g/mol. The third kappa shape index (κ3) is 3.78. The summed E-state index contributed by atoms with van der Waals surface area (Å²) < 4.78 is 23.3. The van der Waals surface area contributed by atoms with Gasteiger partial charge in [-0.1, -0.05) is 6.92 Å². The van der Waals surface area contributed by atoms with Crippen LogP contribution in [0.15, 0.2) is 23.1 Å². The van der Waals surface area contributed by atoms with Crippen molar-refractivity contribution in [3.8, 4) is 0 Å². The highest BCUT2D eigenvalue weighted by atomic mass is 32.2. The van der Waals surface area contributed by atoms with Crippen LogP contribution >= 0.6 is 11.3 Å². The molecule has 0 saturated carbocycles. The molecular formula is C18H22N2O3S2. The number of hydrogen-bond donors (Lipinski definition) is 2. The lowest BCUT2D eigenvalue weighted by molar-refractivity contribution is 0.103. The topological polar surface area (TPSA) is 89.3 Å². The lowest BCUT2D eigenvalue weighted by Gasteiger charge is -2.16. The molecule has 7 heteroatoms. The first-order chi connectivity index (χ1) is 11.6. The van der Waals surface area contributed by atoms with E-state index in [1.54, 1.807) is 6.92 Å². The van der Waals surface area contributed by atoms with Crippen molar-refractivity contribution in [3.63, 3.8) is 0 Å². The van der Waals surface area contributed by atoms with Gasteiger partial charge in [0.05, 0.1) is 9.77 Å². The summed E-state index contributed by atoms with van der Waals surface area (Å²) in [6.45, 7) is 5.87. The molecular weight excluding hydrogens is 356 g/mol. The zero-order valence-electron chi connectivity index (χ0n) is 14.5. The van der Waals surface area contributed by atoms with Crippen LogP contribution in [0.2, 0.25) is 0 Å². The van der Waals surface area contributed by atoms with Gasteiger partial charge in [0.1, 0.15) is 0 Å². The van der Waals surface area contributed by atoms with Crippen LogP contribution < -0.4 is 10.5 Å². The molecule has 1 amide bonds. The average Bonchev–Trinajstić information content (AvgIpc) is 2.93. The minimum absolute atomic E-state index is 0.00481. The molecule has 25 heavy (non-hydrogen) atoms. The van der Waals surface area contributed by atoms with Gasteiger partial charge in [-0.05, 0) is 73.9 Å². The number of sulfonamides is 1. The van der Waals surface area contributed by atoms with Gasteiger partial charge < -0.3 is 5.32 Å². The molecule has 0 radical (unpaired) electrons. The second-order valence-corrected chi connectivity index (χ2v) is 9.52. The number of thiophene rings is 1. The van der Waals surface area contributed by atoms with E-state index in [1.165, 1.54) is 33.9 Å². The largest absolute Gasteiger partial charge is 0.321 e. The molecule has 0 unspecified atom stereocenters. The molecule has 0 saturated heterocycles. The number of fused-ring (bicyclic) bond motifs is 1. The number of nitrogens with one attached hydrogen (secondary N) is 1. The van der Waals surface area contributed by atoms with Gasteiger partial charge >= 0.3 is 0 Å². The summed E-state index contributed by atoms with van der Waals surface area (Å²) in [4.78, 5) is 14.6. The van der Waals surface area contributed by atoms with Crippen molar-refractivity contribution < 1.29 is 13.2 Å². The fraction of sp³-hybridized carbons (Fsp3) is 0.389. The number of rotatable bonds is 3. The Morgan fingerprint density at radius 1 is 1.28 bits per heavy atom. The minimum atomic E-state index is -3.82. The molecule has 3 rings (SSSR count). The zero-order valence-corrected chi connectivity index (χ0v) is 16.2. The van der Waals surface area contributed by atoms with E-state index < -0.39 is 10.0 Å². The van der Waals surface area contributed by atoms with Gasteiger partial charge in [0.25, 0.3) is 5.91 Å². The van der Waals surface area contributed by atoms with Crippen LogP contribution in [-0.4, -0.2) is 14.3 Å². The van der Waals surface area contributed by atoms with E-state index in [-0.39, 0.29) is 10.8 Å². The van der Waals surface area contributed by atoms with E-state index in [9.17, 15) is 13.2 Å². The number of primary sulfonamides is 1. The highest BCUT2D eigenvalue weighted by molar-refractivity contribution is 7.89. The second kappa shape index (κ2) is 6.55. The minimum Gasteiger partial charge on any atom is -0.321 e. The standard InChI is InChI=1S/C18H22N2O3S2/c1-10-4-5-16-13(6-10)8-17(24-16)18(21)20-15-9-14(25(19,22)23)7-11(2)12(15)3/h7-10H,4-6H2,1-3H3,(H,20,21)(H2,19,22,23)/t10-/m0/s1. The van der Waals surface area contributed by atoms with Crippen LogP contribution in [0.3, 0.4) is 0 Å². The summed E-state index contributed by atoms with van der Waals surface area (Å²) in [5, 5.41) is 8.08.